The summed E-state index contributed by atoms with van der Waals surface area (Å²) in [6.07, 6.45) is -2.75. The number of aliphatic hydroxyl groups is 1. The van der Waals surface area contributed by atoms with E-state index in [2.05, 4.69) is 20.4 Å². The van der Waals surface area contributed by atoms with Gasteiger partial charge in [0.05, 0.1) is 18.2 Å². The fraction of sp³-hybridized carbons (Fsp3) is 0.529. The number of likely N-dealkylation sites (tertiary alicyclic amines) is 1. The van der Waals surface area contributed by atoms with Gasteiger partial charge in [-0.25, -0.2) is 0 Å². The summed E-state index contributed by atoms with van der Waals surface area (Å²) < 4.78 is 42.9. The first kappa shape index (κ1) is 18.8. The summed E-state index contributed by atoms with van der Waals surface area (Å²) in [6.45, 7) is 3.59. The number of nitrogens with zero attached hydrogens (tertiary/aromatic N) is 3. The van der Waals surface area contributed by atoms with Crippen LogP contribution in [0.3, 0.4) is 0 Å². The van der Waals surface area contributed by atoms with Gasteiger partial charge in [-0.3, -0.25) is 4.90 Å². The molecule has 0 radical (unpaired) electrons. The first-order chi connectivity index (χ1) is 12.4. The van der Waals surface area contributed by atoms with Crippen molar-refractivity contribution < 1.29 is 22.8 Å². The molecular weight excluding hydrogens is 349 g/mol. The molecule has 1 aromatic carbocycles. The lowest BCUT2D eigenvalue weighted by Gasteiger charge is -2.29. The predicted octanol–water partition coefficient (Wildman–Crippen LogP) is 2.30. The van der Waals surface area contributed by atoms with Gasteiger partial charge >= 0.3 is 6.18 Å². The smallest absolute Gasteiger partial charge is 0.392 e. The Morgan fingerprint density at radius 1 is 1.27 bits per heavy atom. The third-order valence-corrected chi connectivity index (χ3v) is 4.30. The van der Waals surface area contributed by atoms with Crippen molar-refractivity contribution in [3.05, 3.63) is 35.7 Å². The highest BCUT2D eigenvalue weighted by Crippen LogP contribution is 2.30. The number of aromatic nitrogens is 2. The largest absolute Gasteiger partial charge is 0.416 e. The molecule has 0 unspecified atom stereocenters. The second-order valence-corrected chi connectivity index (χ2v) is 6.36. The van der Waals surface area contributed by atoms with Crippen molar-refractivity contribution in [2.45, 2.75) is 31.7 Å². The van der Waals surface area contributed by atoms with Crippen LogP contribution in [-0.2, 0) is 12.7 Å². The van der Waals surface area contributed by atoms with Gasteiger partial charge in [0.25, 0.3) is 0 Å². The summed E-state index contributed by atoms with van der Waals surface area (Å²) in [4.78, 5) is 6.39. The first-order valence-electron chi connectivity index (χ1n) is 8.53. The standard InChI is InChI=1S/C17H21F3N4O2/c18-17(19,20)13-5-3-12(4-6-13)16-22-15(26-23-16)10-21-7-9-24-8-1-2-14(25)11-24/h3-6,14,21,25H,1-2,7-11H2/t14-/m1/s1. The predicted molar refractivity (Wildman–Crippen MR) is 88.1 cm³/mol. The molecule has 0 bridgehead atoms. The lowest BCUT2D eigenvalue weighted by molar-refractivity contribution is -0.137. The van der Waals surface area contributed by atoms with Crippen LogP contribution >= 0.6 is 0 Å². The molecule has 26 heavy (non-hydrogen) atoms. The molecule has 1 aliphatic rings. The van der Waals surface area contributed by atoms with E-state index in [9.17, 15) is 18.3 Å². The molecule has 2 aromatic rings. The van der Waals surface area contributed by atoms with Crippen LogP contribution in [0.4, 0.5) is 13.2 Å². The molecule has 1 fully saturated rings. The Balaban J connectivity index is 1.47. The zero-order valence-corrected chi connectivity index (χ0v) is 14.2. The third-order valence-electron chi connectivity index (χ3n) is 4.30. The summed E-state index contributed by atoms with van der Waals surface area (Å²) >= 11 is 0. The molecule has 0 aliphatic carbocycles. The van der Waals surface area contributed by atoms with Gasteiger partial charge in [0.1, 0.15) is 0 Å². The fourth-order valence-corrected chi connectivity index (χ4v) is 2.92. The number of benzene rings is 1. The van der Waals surface area contributed by atoms with Crippen molar-refractivity contribution in [1.82, 2.24) is 20.4 Å². The van der Waals surface area contributed by atoms with Gasteiger partial charge < -0.3 is 14.9 Å². The van der Waals surface area contributed by atoms with E-state index in [-0.39, 0.29) is 11.9 Å². The van der Waals surface area contributed by atoms with Crippen molar-refractivity contribution in [3.8, 4) is 11.4 Å². The van der Waals surface area contributed by atoms with Crippen molar-refractivity contribution in [3.63, 3.8) is 0 Å². The molecule has 3 rings (SSSR count). The Bertz CT molecular complexity index is 703. The average Bonchev–Trinajstić information content (AvgIpc) is 3.07. The Labute approximate surface area is 149 Å². The molecule has 1 saturated heterocycles. The summed E-state index contributed by atoms with van der Waals surface area (Å²) in [5.74, 6) is 0.633. The number of hydrogen-bond donors (Lipinski definition) is 2. The lowest BCUT2D eigenvalue weighted by atomic mass is 10.1. The number of aliphatic hydroxyl groups excluding tert-OH is 1. The maximum Gasteiger partial charge on any atom is 0.416 e. The van der Waals surface area contributed by atoms with Crippen LogP contribution < -0.4 is 5.32 Å². The summed E-state index contributed by atoms with van der Waals surface area (Å²) in [5, 5.41) is 16.6. The maximum absolute atomic E-state index is 12.6. The summed E-state index contributed by atoms with van der Waals surface area (Å²) in [7, 11) is 0. The molecule has 0 amide bonds. The number of nitrogens with one attached hydrogen (secondary N) is 1. The van der Waals surface area contributed by atoms with E-state index in [1.165, 1.54) is 12.1 Å². The number of piperidine rings is 1. The molecule has 2 heterocycles. The van der Waals surface area contributed by atoms with Crippen LogP contribution in [0.25, 0.3) is 11.4 Å². The van der Waals surface area contributed by atoms with E-state index in [1.807, 2.05) is 0 Å². The molecule has 1 aliphatic heterocycles. The molecule has 0 spiro atoms. The van der Waals surface area contributed by atoms with E-state index in [0.29, 0.717) is 31.1 Å². The SMILES string of the molecule is O[C@@H]1CCCN(CCNCc2nc(-c3ccc(C(F)(F)F)cc3)no2)C1. The lowest BCUT2D eigenvalue weighted by Crippen LogP contribution is -2.41. The minimum absolute atomic E-state index is 0.244. The Kier molecular flexibility index (Phi) is 5.90. The number of alkyl halides is 3. The van der Waals surface area contributed by atoms with Crippen molar-refractivity contribution >= 4 is 0 Å². The molecule has 2 N–H and O–H groups in total. The molecule has 1 aromatic heterocycles. The maximum atomic E-state index is 12.6. The van der Waals surface area contributed by atoms with Crippen molar-refractivity contribution in [1.29, 1.82) is 0 Å². The molecule has 6 nitrogen and oxygen atoms in total. The van der Waals surface area contributed by atoms with Gasteiger partial charge in [-0.15, -0.1) is 0 Å². The highest BCUT2D eigenvalue weighted by molar-refractivity contribution is 5.54. The second-order valence-electron chi connectivity index (χ2n) is 6.36. The average molecular weight is 370 g/mol. The van der Waals surface area contributed by atoms with Crippen molar-refractivity contribution in [2.75, 3.05) is 26.2 Å². The number of rotatable bonds is 6. The van der Waals surface area contributed by atoms with Crippen LogP contribution in [0, 0.1) is 0 Å². The summed E-state index contributed by atoms with van der Waals surface area (Å²) in [6, 6.07) is 4.65. The van der Waals surface area contributed by atoms with E-state index in [0.717, 1.165) is 38.1 Å². The van der Waals surface area contributed by atoms with E-state index >= 15 is 0 Å². The quantitative estimate of drug-likeness (QED) is 0.760. The van der Waals surface area contributed by atoms with E-state index in [1.54, 1.807) is 0 Å². The van der Waals surface area contributed by atoms with Crippen molar-refractivity contribution in [2.24, 2.45) is 0 Å². The normalized spacial score (nSPS) is 19.0. The van der Waals surface area contributed by atoms with Crippen LogP contribution in [0.15, 0.2) is 28.8 Å². The molecule has 1 atom stereocenters. The van der Waals surface area contributed by atoms with Gasteiger partial charge in [0.15, 0.2) is 0 Å². The highest BCUT2D eigenvalue weighted by Gasteiger charge is 2.30. The Hall–Kier alpha value is -1.97. The van der Waals surface area contributed by atoms with Gasteiger partial charge in [-0.05, 0) is 31.5 Å². The van der Waals surface area contributed by atoms with Crippen LogP contribution in [0.1, 0.15) is 24.3 Å². The fourth-order valence-electron chi connectivity index (χ4n) is 2.92. The van der Waals surface area contributed by atoms with Crippen LogP contribution in [0.5, 0.6) is 0 Å². The van der Waals surface area contributed by atoms with E-state index in [4.69, 9.17) is 4.52 Å². The molecule has 142 valence electrons. The number of halogens is 3. The molecule has 0 saturated carbocycles. The zero-order valence-electron chi connectivity index (χ0n) is 14.2. The number of β-amino-alcohol motifs (C(OH)–C–C–N with tert-alkyl or cyclic N) is 1. The van der Waals surface area contributed by atoms with Gasteiger partial charge in [0, 0.05) is 25.2 Å². The molecule has 9 heteroatoms. The second kappa shape index (κ2) is 8.15. The Morgan fingerprint density at radius 3 is 2.73 bits per heavy atom. The highest BCUT2D eigenvalue weighted by atomic mass is 19.4. The van der Waals surface area contributed by atoms with Crippen LogP contribution in [0.2, 0.25) is 0 Å². The number of hydrogen-bond acceptors (Lipinski definition) is 6. The van der Waals surface area contributed by atoms with Gasteiger partial charge in [-0.2, -0.15) is 18.2 Å². The third kappa shape index (κ3) is 5.03. The van der Waals surface area contributed by atoms with E-state index < -0.39 is 11.7 Å². The minimum atomic E-state index is -4.37. The van der Waals surface area contributed by atoms with Gasteiger partial charge in [-0.1, -0.05) is 17.3 Å². The summed E-state index contributed by atoms with van der Waals surface area (Å²) in [5.41, 5.74) is -0.246. The monoisotopic (exact) mass is 370 g/mol. The Morgan fingerprint density at radius 2 is 2.04 bits per heavy atom. The minimum Gasteiger partial charge on any atom is -0.392 e. The van der Waals surface area contributed by atoms with Crippen LogP contribution in [-0.4, -0.2) is 52.4 Å². The van der Waals surface area contributed by atoms with Gasteiger partial charge in [0.2, 0.25) is 11.7 Å². The molecular formula is C17H21F3N4O2. The topological polar surface area (TPSA) is 74.4 Å². The zero-order chi connectivity index (χ0) is 18.6. The first-order valence-corrected chi connectivity index (χ1v) is 8.53.